The van der Waals surface area contributed by atoms with Gasteiger partial charge in [-0.15, -0.1) is 0 Å². The smallest absolute Gasteiger partial charge is 0.353 e. The number of hydrogen-bond donors (Lipinski definition) is 1. The SMILES string of the molecule is C[C@@H]1CC(F)(F)c2ncnc(N3CCN(C(=O)[C@@H](c4ccc(C(F)(F)F)cc4)[C@H]4CCC(C)(C)N4)CC3)c21. The number of nitrogens with one attached hydrogen (secondary N) is 1. The minimum atomic E-state index is -4.45. The van der Waals surface area contributed by atoms with Crippen LogP contribution in [0, 0.1) is 0 Å². The summed E-state index contributed by atoms with van der Waals surface area (Å²) < 4.78 is 68.3. The van der Waals surface area contributed by atoms with Gasteiger partial charge in [0.25, 0.3) is 5.92 Å². The minimum Gasteiger partial charge on any atom is -0.353 e. The molecule has 3 aliphatic rings. The molecule has 6 nitrogen and oxygen atoms in total. The lowest BCUT2D eigenvalue weighted by molar-refractivity contribution is -0.137. The van der Waals surface area contributed by atoms with E-state index in [0.717, 1.165) is 25.0 Å². The molecule has 1 aromatic heterocycles. The van der Waals surface area contributed by atoms with Gasteiger partial charge < -0.3 is 15.1 Å². The Labute approximate surface area is 218 Å². The van der Waals surface area contributed by atoms with Gasteiger partial charge in [0.15, 0.2) is 0 Å². The zero-order valence-corrected chi connectivity index (χ0v) is 21.7. The molecule has 2 fully saturated rings. The van der Waals surface area contributed by atoms with Gasteiger partial charge in [0, 0.05) is 49.7 Å². The minimum absolute atomic E-state index is 0.146. The van der Waals surface area contributed by atoms with Crippen molar-refractivity contribution in [3.63, 3.8) is 0 Å². The van der Waals surface area contributed by atoms with Crippen molar-refractivity contribution in [3.05, 3.63) is 53.0 Å². The predicted octanol–water partition coefficient (Wildman–Crippen LogP) is 5.06. The molecule has 2 aromatic rings. The number of halogens is 5. The van der Waals surface area contributed by atoms with Gasteiger partial charge in [0.1, 0.15) is 17.8 Å². The van der Waals surface area contributed by atoms with Gasteiger partial charge in [-0.2, -0.15) is 22.0 Å². The van der Waals surface area contributed by atoms with E-state index in [-0.39, 0.29) is 35.5 Å². The van der Waals surface area contributed by atoms with Crippen LogP contribution < -0.4 is 10.2 Å². The molecule has 3 atom stereocenters. The molecule has 0 radical (unpaired) electrons. The van der Waals surface area contributed by atoms with Crippen LogP contribution in [0.15, 0.2) is 30.6 Å². The number of benzene rings is 1. The molecule has 0 unspecified atom stereocenters. The molecule has 1 N–H and O–H groups in total. The lowest BCUT2D eigenvalue weighted by Gasteiger charge is -2.39. The summed E-state index contributed by atoms with van der Waals surface area (Å²) in [6.07, 6.45) is -2.01. The topological polar surface area (TPSA) is 61.4 Å². The fourth-order valence-electron chi connectivity index (χ4n) is 6.14. The Morgan fingerprint density at radius 3 is 2.32 bits per heavy atom. The Balaban J connectivity index is 1.35. The second kappa shape index (κ2) is 9.43. The number of alkyl halides is 5. The normalized spacial score (nSPS) is 25.4. The van der Waals surface area contributed by atoms with E-state index in [4.69, 9.17) is 0 Å². The molecule has 206 valence electrons. The first-order valence-corrected chi connectivity index (χ1v) is 13.0. The van der Waals surface area contributed by atoms with Gasteiger partial charge in [0.2, 0.25) is 5.91 Å². The maximum atomic E-state index is 14.4. The number of amides is 1. The summed E-state index contributed by atoms with van der Waals surface area (Å²) in [5.41, 5.74) is -0.133. The van der Waals surface area contributed by atoms with Gasteiger partial charge in [0.05, 0.1) is 11.5 Å². The second-order valence-corrected chi connectivity index (χ2v) is 11.4. The van der Waals surface area contributed by atoms with Crippen LogP contribution in [-0.4, -0.2) is 58.5 Å². The van der Waals surface area contributed by atoms with Crippen LogP contribution in [0.1, 0.15) is 74.3 Å². The first kappa shape index (κ1) is 26.8. The van der Waals surface area contributed by atoms with E-state index in [0.29, 0.717) is 43.1 Å². The number of anilines is 1. The molecule has 1 amide bonds. The third kappa shape index (κ3) is 4.97. The maximum absolute atomic E-state index is 14.4. The summed E-state index contributed by atoms with van der Waals surface area (Å²) in [5.74, 6) is -3.65. The highest BCUT2D eigenvalue weighted by atomic mass is 19.4. The molecule has 3 heterocycles. The van der Waals surface area contributed by atoms with Crippen molar-refractivity contribution < 1.29 is 26.7 Å². The van der Waals surface area contributed by atoms with Gasteiger partial charge in [-0.3, -0.25) is 4.79 Å². The Morgan fingerprint density at radius 2 is 1.74 bits per heavy atom. The Morgan fingerprint density at radius 1 is 1.08 bits per heavy atom. The van der Waals surface area contributed by atoms with Crippen LogP contribution >= 0.6 is 0 Å². The van der Waals surface area contributed by atoms with Gasteiger partial charge in [-0.1, -0.05) is 19.1 Å². The molecule has 0 bridgehead atoms. The van der Waals surface area contributed by atoms with E-state index >= 15 is 0 Å². The van der Waals surface area contributed by atoms with E-state index in [1.807, 2.05) is 18.7 Å². The number of carbonyl (C=O) groups is 1. The van der Waals surface area contributed by atoms with Crippen LogP contribution in [0.2, 0.25) is 0 Å². The molecule has 2 aliphatic heterocycles. The number of aromatic nitrogens is 2. The van der Waals surface area contributed by atoms with Crippen molar-refractivity contribution in [1.29, 1.82) is 0 Å². The zero-order valence-electron chi connectivity index (χ0n) is 21.7. The first-order valence-electron chi connectivity index (χ1n) is 13.0. The fourth-order valence-corrected chi connectivity index (χ4v) is 6.14. The molecule has 2 saturated heterocycles. The van der Waals surface area contributed by atoms with Gasteiger partial charge in [-0.05, 0) is 50.3 Å². The number of hydrogen-bond acceptors (Lipinski definition) is 5. The summed E-state index contributed by atoms with van der Waals surface area (Å²) in [6.45, 7) is 7.38. The van der Waals surface area contributed by atoms with Crippen molar-refractivity contribution in [1.82, 2.24) is 20.2 Å². The van der Waals surface area contributed by atoms with Crippen molar-refractivity contribution in [2.24, 2.45) is 0 Å². The molecule has 11 heteroatoms. The van der Waals surface area contributed by atoms with Crippen LogP contribution in [0.3, 0.4) is 0 Å². The van der Waals surface area contributed by atoms with Crippen LogP contribution in [0.25, 0.3) is 0 Å². The van der Waals surface area contributed by atoms with Crippen LogP contribution in [-0.2, 0) is 16.9 Å². The molecule has 0 saturated carbocycles. The molecular formula is C27H32F5N5O. The summed E-state index contributed by atoms with van der Waals surface area (Å²) in [6, 6.07) is 4.65. The summed E-state index contributed by atoms with van der Waals surface area (Å²) in [7, 11) is 0. The van der Waals surface area contributed by atoms with Crippen molar-refractivity contribution in [2.75, 3.05) is 31.1 Å². The summed E-state index contributed by atoms with van der Waals surface area (Å²) in [5, 5.41) is 3.50. The third-order valence-corrected chi connectivity index (χ3v) is 8.08. The van der Waals surface area contributed by atoms with E-state index < -0.39 is 23.6 Å². The van der Waals surface area contributed by atoms with Crippen molar-refractivity contribution >= 4 is 11.7 Å². The van der Waals surface area contributed by atoms with Gasteiger partial charge >= 0.3 is 6.18 Å². The summed E-state index contributed by atoms with van der Waals surface area (Å²) in [4.78, 5) is 25.7. The average molecular weight is 538 g/mol. The monoisotopic (exact) mass is 537 g/mol. The molecule has 38 heavy (non-hydrogen) atoms. The number of piperazine rings is 1. The molecule has 5 rings (SSSR count). The number of rotatable bonds is 4. The number of nitrogens with zero attached hydrogens (tertiary/aromatic N) is 4. The quantitative estimate of drug-likeness (QED) is 0.553. The molecular weight excluding hydrogens is 505 g/mol. The highest BCUT2D eigenvalue weighted by Gasteiger charge is 2.47. The van der Waals surface area contributed by atoms with Crippen LogP contribution in [0.5, 0.6) is 0 Å². The average Bonchev–Trinajstić information content (AvgIpc) is 3.33. The molecule has 0 spiro atoms. The summed E-state index contributed by atoms with van der Waals surface area (Å²) >= 11 is 0. The highest BCUT2D eigenvalue weighted by molar-refractivity contribution is 5.85. The van der Waals surface area contributed by atoms with Crippen LogP contribution in [0.4, 0.5) is 27.8 Å². The number of fused-ring (bicyclic) bond motifs is 1. The predicted molar refractivity (Wildman–Crippen MR) is 132 cm³/mol. The van der Waals surface area contributed by atoms with Crippen molar-refractivity contribution in [2.45, 2.75) is 75.5 Å². The lowest BCUT2D eigenvalue weighted by Crippen LogP contribution is -2.53. The van der Waals surface area contributed by atoms with Gasteiger partial charge in [-0.25, -0.2) is 9.97 Å². The van der Waals surface area contributed by atoms with E-state index in [1.165, 1.54) is 18.5 Å². The number of carbonyl (C=O) groups excluding carboxylic acids is 1. The third-order valence-electron chi connectivity index (χ3n) is 8.08. The molecule has 1 aromatic carbocycles. The highest BCUT2D eigenvalue weighted by Crippen LogP contribution is 2.49. The van der Waals surface area contributed by atoms with Crippen molar-refractivity contribution in [3.8, 4) is 0 Å². The fraction of sp³-hybridized carbons (Fsp3) is 0.593. The first-order chi connectivity index (χ1) is 17.8. The van der Waals surface area contributed by atoms with E-state index in [9.17, 15) is 26.7 Å². The van der Waals surface area contributed by atoms with E-state index in [1.54, 1.807) is 11.8 Å². The molecule has 1 aliphatic carbocycles. The maximum Gasteiger partial charge on any atom is 0.416 e. The Bertz CT molecular complexity index is 1190. The standard InChI is InChI=1S/C27H32F5N5O/c1-16-14-26(28,29)22-20(16)23(34-15-33-22)36-10-12-37(13-11-36)24(38)21(19-8-9-25(2,3)35-19)17-4-6-18(7-5-17)27(30,31)32/h4-7,15-16,19,21,35H,8-14H2,1-3H3/t16-,19-,21+/m1/s1. The van der Waals surface area contributed by atoms with E-state index in [2.05, 4.69) is 15.3 Å². The second-order valence-electron chi connectivity index (χ2n) is 11.4. The Hall–Kier alpha value is -2.82. The Kier molecular flexibility index (Phi) is 6.64. The zero-order chi connectivity index (χ0) is 27.5. The lowest BCUT2D eigenvalue weighted by atomic mass is 9.88. The largest absolute Gasteiger partial charge is 0.416 e.